The number of nitrogens with zero attached hydrogens (tertiary/aromatic N) is 2. The highest BCUT2D eigenvalue weighted by molar-refractivity contribution is 7.14. The van der Waals surface area contributed by atoms with Gasteiger partial charge in [-0.15, -0.1) is 11.3 Å². The molecule has 166 valence electrons. The predicted molar refractivity (Wildman–Crippen MR) is 126 cm³/mol. The van der Waals surface area contributed by atoms with Gasteiger partial charge in [0.25, 0.3) is 5.91 Å². The average Bonchev–Trinajstić information content (AvgIpc) is 3.51. The third kappa shape index (κ3) is 4.12. The van der Waals surface area contributed by atoms with Gasteiger partial charge in [-0.25, -0.2) is 9.37 Å². The minimum absolute atomic E-state index is 0.323. The van der Waals surface area contributed by atoms with E-state index in [1.165, 1.54) is 23.5 Å². The van der Waals surface area contributed by atoms with Crippen LogP contribution in [-0.4, -0.2) is 22.6 Å². The molecule has 33 heavy (non-hydrogen) atoms. The van der Waals surface area contributed by atoms with Gasteiger partial charge in [0.2, 0.25) is 0 Å². The second-order valence-corrected chi connectivity index (χ2v) is 8.47. The number of rotatable bonds is 6. The molecule has 5 aromatic rings. The maximum absolute atomic E-state index is 13.7. The number of halogens is 1. The van der Waals surface area contributed by atoms with Gasteiger partial charge in [-0.05, 0) is 36.8 Å². The predicted octanol–water partition coefficient (Wildman–Crippen LogP) is 6.11. The van der Waals surface area contributed by atoms with E-state index < -0.39 is 0 Å². The number of furan rings is 1. The van der Waals surface area contributed by atoms with E-state index in [-0.39, 0.29) is 11.7 Å². The summed E-state index contributed by atoms with van der Waals surface area (Å²) >= 11 is 1.33. The molecule has 6 nitrogen and oxygen atoms in total. The number of carbonyl (C=O) groups excluding carboxylic acids is 1. The fraction of sp³-hybridized carbons (Fsp3) is 0.120. The molecule has 0 atom stereocenters. The molecule has 2 aromatic carbocycles. The number of anilines is 1. The number of hydrogen-bond acceptors (Lipinski definition) is 5. The summed E-state index contributed by atoms with van der Waals surface area (Å²) in [5.41, 5.74) is 5.15. The van der Waals surface area contributed by atoms with Gasteiger partial charge in [-0.1, -0.05) is 23.8 Å². The van der Waals surface area contributed by atoms with E-state index in [1.54, 1.807) is 36.1 Å². The number of thiazole rings is 1. The molecule has 0 aliphatic carbocycles. The molecule has 0 bridgehead atoms. The molecule has 1 amide bonds. The molecule has 0 aliphatic rings. The smallest absolute Gasteiger partial charge is 0.274 e. The summed E-state index contributed by atoms with van der Waals surface area (Å²) in [4.78, 5) is 17.8. The van der Waals surface area contributed by atoms with Crippen LogP contribution in [0.2, 0.25) is 0 Å². The first-order valence-electron chi connectivity index (χ1n) is 10.2. The monoisotopic (exact) mass is 461 g/mol. The Hall–Kier alpha value is -3.91. The van der Waals surface area contributed by atoms with Gasteiger partial charge in [0.05, 0.1) is 24.6 Å². The van der Waals surface area contributed by atoms with Crippen LogP contribution in [0.15, 0.2) is 70.7 Å². The van der Waals surface area contributed by atoms with Crippen molar-refractivity contribution < 1.29 is 18.3 Å². The zero-order valence-corrected chi connectivity index (χ0v) is 18.8. The number of fused-ring (bicyclic) bond motifs is 1. The SMILES string of the molecule is COc1ccc(C)cc1-c1csc(NC(=O)c2cc3occc3n2Cc2cccc(F)c2)n1. The lowest BCUT2D eigenvalue weighted by Gasteiger charge is -2.10. The molecule has 1 N–H and O–H groups in total. The first-order valence-corrected chi connectivity index (χ1v) is 11.1. The summed E-state index contributed by atoms with van der Waals surface area (Å²) in [6.07, 6.45) is 1.57. The van der Waals surface area contributed by atoms with Gasteiger partial charge in [-0.3, -0.25) is 10.1 Å². The molecule has 0 spiro atoms. The standard InChI is InChI=1S/C25H20FN3O3S/c1-15-6-7-22(31-2)18(10-15)19-14-33-25(27-19)28-24(30)21-12-23-20(8-9-32-23)29(21)13-16-4-3-5-17(26)11-16/h3-12,14H,13H2,1-2H3,(H,27,28,30). The molecule has 0 unspecified atom stereocenters. The number of methoxy groups -OCH3 is 1. The van der Waals surface area contributed by atoms with Crippen molar-refractivity contribution in [2.45, 2.75) is 13.5 Å². The Kier molecular flexibility index (Phi) is 5.43. The zero-order chi connectivity index (χ0) is 22.9. The summed E-state index contributed by atoms with van der Waals surface area (Å²) in [7, 11) is 1.62. The van der Waals surface area contributed by atoms with Gasteiger partial charge in [-0.2, -0.15) is 0 Å². The molecule has 0 fully saturated rings. The van der Waals surface area contributed by atoms with Gasteiger partial charge in [0.15, 0.2) is 10.7 Å². The Labute approximate surface area is 193 Å². The lowest BCUT2D eigenvalue weighted by atomic mass is 10.1. The van der Waals surface area contributed by atoms with Crippen LogP contribution in [0.4, 0.5) is 9.52 Å². The second kappa shape index (κ2) is 8.55. The molecular formula is C25H20FN3O3S. The fourth-order valence-electron chi connectivity index (χ4n) is 3.79. The second-order valence-electron chi connectivity index (χ2n) is 7.61. The van der Waals surface area contributed by atoms with Gasteiger partial charge in [0.1, 0.15) is 17.3 Å². The molecular weight excluding hydrogens is 441 g/mol. The van der Waals surface area contributed by atoms with Gasteiger partial charge in [0, 0.05) is 29.6 Å². The van der Waals surface area contributed by atoms with E-state index >= 15 is 0 Å². The van der Waals surface area contributed by atoms with Gasteiger partial charge >= 0.3 is 0 Å². The lowest BCUT2D eigenvalue weighted by Crippen LogP contribution is -2.17. The Morgan fingerprint density at radius 2 is 2.09 bits per heavy atom. The zero-order valence-electron chi connectivity index (χ0n) is 18.0. The maximum atomic E-state index is 13.7. The largest absolute Gasteiger partial charge is 0.496 e. The molecule has 3 heterocycles. The van der Waals surface area contributed by atoms with Crippen LogP contribution in [0.25, 0.3) is 22.4 Å². The first kappa shape index (κ1) is 21.0. The minimum Gasteiger partial charge on any atom is -0.496 e. The highest BCUT2D eigenvalue weighted by atomic mass is 32.1. The fourth-order valence-corrected chi connectivity index (χ4v) is 4.50. The summed E-state index contributed by atoms with van der Waals surface area (Å²) in [6.45, 7) is 2.33. The normalized spacial score (nSPS) is 11.1. The summed E-state index contributed by atoms with van der Waals surface area (Å²) < 4.78 is 26.5. The number of carbonyl (C=O) groups is 1. The van der Waals surface area contributed by atoms with Crippen molar-refractivity contribution in [3.8, 4) is 17.0 Å². The Bertz CT molecular complexity index is 1470. The molecule has 5 rings (SSSR count). The van der Waals surface area contributed by atoms with E-state index in [9.17, 15) is 9.18 Å². The van der Waals surface area contributed by atoms with Crippen molar-refractivity contribution in [2.75, 3.05) is 12.4 Å². The molecule has 3 aromatic heterocycles. The van der Waals surface area contributed by atoms with Crippen molar-refractivity contribution >= 4 is 33.5 Å². The van der Waals surface area contributed by atoms with Crippen molar-refractivity contribution in [2.24, 2.45) is 0 Å². The number of aryl methyl sites for hydroxylation is 1. The van der Waals surface area contributed by atoms with Gasteiger partial charge < -0.3 is 13.7 Å². The van der Waals surface area contributed by atoms with E-state index in [0.29, 0.717) is 28.7 Å². The highest BCUT2D eigenvalue weighted by Crippen LogP contribution is 2.33. The Morgan fingerprint density at radius 3 is 2.91 bits per heavy atom. The topological polar surface area (TPSA) is 69.3 Å². The van der Waals surface area contributed by atoms with Crippen LogP contribution in [-0.2, 0) is 6.54 Å². The lowest BCUT2D eigenvalue weighted by molar-refractivity contribution is 0.101. The van der Waals surface area contributed by atoms with Crippen molar-refractivity contribution in [1.82, 2.24) is 9.55 Å². The van der Waals surface area contributed by atoms with Crippen LogP contribution in [0.3, 0.4) is 0 Å². The highest BCUT2D eigenvalue weighted by Gasteiger charge is 2.20. The van der Waals surface area contributed by atoms with Crippen LogP contribution in [0.1, 0.15) is 21.6 Å². The first-order chi connectivity index (χ1) is 16.0. The van der Waals surface area contributed by atoms with E-state index in [0.717, 1.165) is 27.9 Å². The Balaban J connectivity index is 1.44. The number of benzene rings is 2. The number of amides is 1. The van der Waals surface area contributed by atoms with Crippen LogP contribution >= 0.6 is 11.3 Å². The molecule has 8 heteroatoms. The number of nitrogens with one attached hydrogen (secondary N) is 1. The minimum atomic E-state index is -0.324. The summed E-state index contributed by atoms with van der Waals surface area (Å²) in [5, 5.41) is 5.23. The van der Waals surface area contributed by atoms with Crippen LogP contribution in [0.5, 0.6) is 5.75 Å². The van der Waals surface area contributed by atoms with E-state index in [4.69, 9.17) is 9.15 Å². The van der Waals surface area contributed by atoms with Crippen molar-refractivity contribution in [1.29, 1.82) is 0 Å². The summed E-state index contributed by atoms with van der Waals surface area (Å²) in [6, 6.07) is 15.7. The quantitative estimate of drug-likeness (QED) is 0.331. The summed E-state index contributed by atoms with van der Waals surface area (Å²) in [5.74, 6) is 0.0685. The number of aromatic nitrogens is 2. The Morgan fingerprint density at radius 1 is 1.21 bits per heavy atom. The number of ether oxygens (including phenoxy) is 1. The van der Waals surface area contributed by atoms with Crippen molar-refractivity contribution in [3.63, 3.8) is 0 Å². The van der Waals surface area contributed by atoms with Crippen molar-refractivity contribution in [3.05, 3.63) is 88.9 Å². The number of hydrogen-bond donors (Lipinski definition) is 1. The van der Waals surface area contributed by atoms with Crippen LogP contribution in [0, 0.1) is 12.7 Å². The van der Waals surface area contributed by atoms with E-state index in [1.807, 2.05) is 36.6 Å². The average molecular weight is 462 g/mol. The third-order valence-electron chi connectivity index (χ3n) is 5.34. The third-order valence-corrected chi connectivity index (χ3v) is 6.10. The molecule has 0 aliphatic heterocycles. The molecule has 0 radical (unpaired) electrons. The van der Waals surface area contributed by atoms with Crippen LogP contribution < -0.4 is 10.1 Å². The molecule has 0 saturated carbocycles. The molecule has 0 saturated heterocycles. The van der Waals surface area contributed by atoms with E-state index in [2.05, 4.69) is 10.3 Å². The maximum Gasteiger partial charge on any atom is 0.274 e.